The number of hydrogen-bond donors (Lipinski definition) is 1. The van der Waals surface area contributed by atoms with E-state index in [0.717, 1.165) is 0 Å². The lowest BCUT2D eigenvalue weighted by Crippen LogP contribution is -2.24. The SMILES string of the molecule is NCC1CCC2(CC2)c2cc(F)ccc21. The predicted octanol–water partition coefficient (Wildman–Crippen LogP) is 2.69. The Balaban J connectivity index is 2.12. The third-order valence-electron chi connectivity index (χ3n) is 4.14. The Morgan fingerprint density at radius 3 is 2.80 bits per heavy atom. The van der Waals surface area contributed by atoms with Crippen molar-refractivity contribution in [3.05, 3.63) is 35.1 Å². The molecule has 0 aliphatic heterocycles. The first-order valence-corrected chi connectivity index (χ1v) is 5.75. The lowest BCUT2D eigenvalue weighted by Gasteiger charge is -2.31. The molecule has 1 saturated carbocycles. The van der Waals surface area contributed by atoms with E-state index < -0.39 is 0 Å². The van der Waals surface area contributed by atoms with Crippen molar-refractivity contribution in [2.24, 2.45) is 5.73 Å². The van der Waals surface area contributed by atoms with Crippen LogP contribution in [0.25, 0.3) is 0 Å². The minimum Gasteiger partial charge on any atom is -0.330 e. The van der Waals surface area contributed by atoms with Gasteiger partial charge in [0.15, 0.2) is 0 Å². The Bertz CT molecular complexity index is 396. The van der Waals surface area contributed by atoms with Crippen LogP contribution in [0.15, 0.2) is 18.2 Å². The Morgan fingerprint density at radius 1 is 1.33 bits per heavy atom. The van der Waals surface area contributed by atoms with E-state index in [0.29, 0.717) is 17.9 Å². The molecule has 2 aliphatic rings. The summed E-state index contributed by atoms with van der Waals surface area (Å²) in [6.07, 6.45) is 4.85. The average molecular weight is 205 g/mol. The molecule has 1 atom stereocenters. The van der Waals surface area contributed by atoms with E-state index in [1.807, 2.05) is 6.07 Å². The second-order valence-corrected chi connectivity index (χ2v) is 4.98. The molecule has 0 bridgehead atoms. The van der Waals surface area contributed by atoms with Crippen molar-refractivity contribution < 1.29 is 4.39 Å². The van der Waals surface area contributed by atoms with Gasteiger partial charge in [-0.2, -0.15) is 0 Å². The van der Waals surface area contributed by atoms with Gasteiger partial charge in [-0.3, -0.25) is 0 Å². The van der Waals surface area contributed by atoms with Crippen molar-refractivity contribution in [3.63, 3.8) is 0 Å². The van der Waals surface area contributed by atoms with Gasteiger partial charge in [-0.05, 0) is 66.8 Å². The second kappa shape index (κ2) is 3.05. The van der Waals surface area contributed by atoms with Crippen LogP contribution in [0.4, 0.5) is 4.39 Å². The Hall–Kier alpha value is -0.890. The number of benzene rings is 1. The molecule has 1 fully saturated rings. The van der Waals surface area contributed by atoms with E-state index >= 15 is 0 Å². The first-order valence-electron chi connectivity index (χ1n) is 5.75. The maximum absolute atomic E-state index is 13.3. The zero-order chi connectivity index (χ0) is 10.5. The van der Waals surface area contributed by atoms with Crippen LogP contribution in [0.3, 0.4) is 0 Å². The summed E-state index contributed by atoms with van der Waals surface area (Å²) in [5.41, 5.74) is 8.67. The Kier molecular flexibility index (Phi) is 1.90. The fourth-order valence-corrected chi connectivity index (χ4v) is 3.00. The summed E-state index contributed by atoms with van der Waals surface area (Å²) in [6.45, 7) is 0.689. The number of halogens is 1. The van der Waals surface area contributed by atoms with Gasteiger partial charge in [-0.25, -0.2) is 4.39 Å². The second-order valence-electron chi connectivity index (χ2n) is 4.98. The van der Waals surface area contributed by atoms with Crippen LogP contribution < -0.4 is 5.73 Å². The normalized spacial score (nSPS) is 26.4. The molecule has 2 N–H and O–H groups in total. The molecule has 1 aromatic rings. The van der Waals surface area contributed by atoms with Crippen molar-refractivity contribution in [1.82, 2.24) is 0 Å². The highest BCUT2D eigenvalue weighted by molar-refractivity contribution is 5.43. The zero-order valence-electron chi connectivity index (χ0n) is 8.80. The monoisotopic (exact) mass is 205 g/mol. The molecule has 0 heterocycles. The fraction of sp³-hybridized carbons (Fsp3) is 0.538. The average Bonchev–Trinajstić information content (AvgIpc) is 3.01. The third-order valence-corrected chi connectivity index (χ3v) is 4.14. The highest BCUT2D eigenvalue weighted by atomic mass is 19.1. The molecule has 80 valence electrons. The number of fused-ring (bicyclic) bond motifs is 2. The Morgan fingerprint density at radius 2 is 2.13 bits per heavy atom. The molecule has 1 spiro atoms. The Labute approximate surface area is 89.5 Å². The minimum absolute atomic E-state index is 0.0994. The summed E-state index contributed by atoms with van der Waals surface area (Å²) in [4.78, 5) is 0. The van der Waals surface area contributed by atoms with Gasteiger partial charge in [0.1, 0.15) is 5.82 Å². The largest absolute Gasteiger partial charge is 0.330 e. The molecule has 3 rings (SSSR count). The van der Waals surface area contributed by atoms with Crippen molar-refractivity contribution >= 4 is 0 Å². The van der Waals surface area contributed by atoms with Crippen LogP contribution in [0, 0.1) is 5.82 Å². The molecule has 0 saturated heterocycles. The van der Waals surface area contributed by atoms with Gasteiger partial charge < -0.3 is 5.73 Å². The van der Waals surface area contributed by atoms with E-state index in [1.165, 1.54) is 36.8 Å². The highest BCUT2D eigenvalue weighted by Gasteiger charge is 2.48. The smallest absolute Gasteiger partial charge is 0.123 e. The molecule has 0 amide bonds. The lowest BCUT2D eigenvalue weighted by atomic mass is 9.74. The van der Waals surface area contributed by atoms with Gasteiger partial charge in [0.2, 0.25) is 0 Å². The molecular weight excluding hydrogens is 189 g/mol. The summed E-state index contributed by atoms with van der Waals surface area (Å²) in [5.74, 6) is 0.351. The number of hydrogen-bond acceptors (Lipinski definition) is 1. The minimum atomic E-state index is -0.0994. The number of nitrogens with two attached hydrogens (primary N) is 1. The maximum Gasteiger partial charge on any atom is 0.123 e. The van der Waals surface area contributed by atoms with Gasteiger partial charge in [-0.1, -0.05) is 6.07 Å². The summed E-state index contributed by atoms with van der Waals surface area (Å²) in [5, 5.41) is 0. The summed E-state index contributed by atoms with van der Waals surface area (Å²) in [7, 11) is 0. The number of rotatable bonds is 1. The van der Waals surface area contributed by atoms with Gasteiger partial charge >= 0.3 is 0 Å². The molecular formula is C13H16FN. The van der Waals surface area contributed by atoms with Crippen molar-refractivity contribution in [3.8, 4) is 0 Å². The first-order chi connectivity index (χ1) is 7.25. The molecule has 1 nitrogen and oxygen atoms in total. The van der Waals surface area contributed by atoms with Crippen LogP contribution in [0.1, 0.15) is 42.7 Å². The van der Waals surface area contributed by atoms with E-state index in [1.54, 1.807) is 12.1 Å². The van der Waals surface area contributed by atoms with Crippen molar-refractivity contribution in [1.29, 1.82) is 0 Å². The van der Waals surface area contributed by atoms with Crippen molar-refractivity contribution in [2.45, 2.75) is 37.0 Å². The molecule has 2 aliphatic carbocycles. The van der Waals surface area contributed by atoms with Gasteiger partial charge in [0, 0.05) is 0 Å². The summed E-state index contributed by atoms with van der Waals surface area (Å²) < 4.78 is 13.3. The van der Waals surface area contributed by atoms with E-state index in [9.17, 15) is 4.39 Å². The predicted molar refractivity (Wildman–Crippen MR) is 58.3 cm³/mol. The van der Waals surface area contributed by atoms with Crippen LogP contribution in [0.5, 0.6) is 0 Å². The lowest BCUT2D eigenvalue weighted by molar-refractivity contribution is 0.470. The van der Waals surface area contributed by atoms with Gasteiger partial charge in [-0.15, -0.1) is 0 Å². The first kappa shape index (κ1) is 9.34. The van der Waals surface area contributed by atoms with E-state index in [2.05, 4.69) is 0 Å². The summed E-state index contributed by atoms with van der Waals surface area (Å²) in [6, 6.07) is 5.26. The quantitative estimate of drug-likeness (QED) is 0.749. The fourth-order valence-electron chi connectivity index (χ4n) is 3.00. The van der Waals surface area contributed by atoms with Crippen LogP contribution in [-0.4, -0.2) is 6.54 Å². The van der Waals surface area contributed by atoms with Gasteiger partial charge in [0.25, 0.3) is 0 Å². The third kappa shape index (κ3) is 1.31. The van der Waals surface area contributed by atoms with Crippen LogP contribution in [0.2, 0.25) is 0 Å². The topological polar surface area (TPSA) is 26.0 Å². The zero-order valence-corrected chi connectivity index (χ0v) is 8.80. The standard InChI is InChI=1S/C13H16FN/c14-10-1-2-11-9(8-15)3-4-13(5-6-13)12(11)7-10/h1-2,7,9H,3-6,8,15H2. The maximum atomic E-state index is 13.3. The van der Waals surface area contributed by atoms with Crippen LogP contribution in [-0.2, 0) is 5.41 Å². The molecule has 2 heteroatoms. The van der Waals surface area contributed by atoms with E-state index in [4.69, 9.17) is 5.73 Å². The summed E-state index contributed by atoms with van der Waals surface area (Å²) >= 11 is 0. The molecule has 0 radical (unpaired) electrons. The molecule has 1 aromatic carbocycles. The van der Waals surface area contributed by atoms with Crippen LogP contribution >= 0.6 is 0 Å². The molecule has 15 heavy (non-hydrogen) atoms. The molecule has 0 aromatic heterocycles. The van der Waals surface area contributed by atoms with E-state index in [-0.39, 0.29) is 5.82 Å². The molecule has 1 unspecified atom stereocenters. The van der Waals surface area contributed by atoms with Crippen molar-refractivity contribution in [2.75, 3.05) is 6.54 Å². The highest BCUT2D eigenvalue weighted by Crippen LogP contribution is 2.57. The van der Waals surface area contributed by atoms with Gasteiger partial charge in [0.05, 0.1) is 0 Å².